The van der Waals surface area contributed by atoms with Crippen molar-refractivity contribution in [3.63, 3.8) is 0 Å². The first-order valence-electron chi connectivity index (χ1n) is 9.13. The highest BCUT2D eigenvalue weighted by atomic mass is 32.2. The molecule has 6 nitrogen and oxygen atoms in total. The average Bonchev–Trinajstić information content (AvgIpc) is 2.69. The minimum Gasteiger partial charge on any atom is -0.497 e. The van der Waals surface area contributed by atoms with Crippen LogP contribution < -0.4 is 14.2 Å². The van der Waals surface area contributed by atoms with E-state index in [0.717, 1.165) is 19.4 Å². The fourth-order valence-corrected chi connectivity index (χ4v) is 4.89. The van der Waals surface area contributed by atoms with Crippen molar-refractivity contribution in [3.05, 3.63) is 53.8 Å². The van der Waals surface area contributed by atoms with E-state index in [9.17, 15) is 12.8 Å². The number of rotatable bonds is 7. The van der Waals surface area contributed by atoms with Gasteiger partial charge in [0.15, 0.2) is 0 Å². The number of halogens is 1. The fraction of sp³-hybridized carbons (Fsp3) is 0.400. The molecule has 1 fully saturated rings. The molecule has 1 unspecified atom stereocenters. The third-order valence-electron chi connectivity index (χ3n) is 4.84. The Balaban J connectivity index is 1.73. The van der Waals surface area contributed by atoms with E-state index in [1.807, 2.05) is 0 Å². The molecule has 2 aromatic rings. The van der Waals surface area contributed by atoms with E-state index in [-0.39, 0.29) is 22.5 Å². The molecule has 152 valence electrons. The van der Waals surface area contributed by atoms with E-state index in [1.165, 1.54) is 26.4 Å². The highest BCUT2D eigenvalue weighted by Gasteiger charge is 2.28. The summed E-state index contributed by atoms with van der Waals surface area (Å²) in [5.41, 5.74) is 0.612. The van der Waals surface area contributed by atoms with Crippen molar-refractivity contribution >= 4 is 10.0 Å². The van der Waals surface area contributed by atoms with Gasteiger partial charge in [-0.15, -0.1) is 0 Å². The summed E-state index contributed by atoms with van der Waals surface area (Å²) >= 11 is 0. The van der Waals surface area contributed by atoms with Gasteiger partial charge in [-0.1, -0.05) is 18.2 Å². The largest absolute Gasteiger partial charge is 0.497 e. The summed E-state index contributed by atoms with van der Waals surface area (Å²) in [6, 6.07) is 11.1. The molecular formula is C20H25FN2O4S. The maximum atomic E-state index is 13.9. The van der Waals surface area contributed by atoms with Gasteiger partial charge >= 0.3 is 0 Å². The van der Waals surface area contributed by atoms with Crippen molar-refractivity contribution in [2.75, 3.05) is 27.3 Å². The standard InChI is InChI=1S/C20H25FN2O4S/c1-26-17-9-10-19(27-2)20(12-17)28(24,25)22-16-7-5-11-23(14-16)13-15-6-3-4-8-18(15)21/h3-4,6,8-10,12,16,22H,5,7,11,13-14H2,1-2H3. The molecule has 0 spiro atoms. The Hall–Kier alpha value is -2.16. The molecule has 8 heteroatoms. The van der Waals surface area contributed by atoms with Crippen LogP contribution >= 0.6 is 0 Å². The van der Waals surface area contributed by atoms with Crippen molar-refractivity contribution < 1.29 is 22.3 Å². The first-order chi connectivity index (χ1) is 13.4. The van der Waals surface area contributed by atoms with Gasteiger partial charge in [-0.3, -0.25) is 4.90 Å². The Morgan fingerprint density at radius 1 is 1.18 bits per heavy atom. The SMILES string of the molecule is COc1ccc(OC)c(S(=O)(=O)NC2CCCN(Cc3ccccc3F)C2)c1. The highest BCUT2D eigenvalue weighted by molar-refractivity contribution is 7.89. The van der Waals surface area contributed by atoms with Gasteiger partial charge in [-0.05, 0) is 37.6 Å². The zero-order valence-corrected chi connectivity index (χ0v) is 16.8. The van der Waals surface area contributed by atoms with Crippen LogP contribution in [0.1, 0.15) is 18.4 Å². The van der Waals surface area contributed by atoms with Gasteiger partial charge < -0.3 is 9.47 Å². The number of likely N-dealkylation sites (tertiary alicyclic amines) is 1. The summed E-state index contributed by atoms with van der Waals surface area (Å²) in [5.74, 6) is 0.449. The van der Waals surface area contributed by atoms with Crippen LogP contribution in [0.5, 0.6) is 11.5 Å². The van der Waals surface area contributed by atoms with Gasteiger partial charge in [0.1, 0.15) is 22.2 Å². The Bertz CT molecular complexity index is 920. The van der Waals surface area contributed by atoms with Gasteiger partial charge in [-0.25, -0.2) is 17.5 Å². The molecule has 0 saturated carbocycles. The van der Waals surface area contributed by atoms with Gasteiger partial charge in [0.25, 0.3) is 0 Å². The second-order valence-corrected chi connectivity index (χ2v) is 8.49. The summed E-state index contributed by atoms with van der Waals surface area (Å²) in [6.07, 6.45) is 1.55. The molecule has 2 aromatic carbocycles. The van der Waals surface area contributed by atoms with E-state index in [0.29, 0.717) is 24.4 Å². The van der Waals surface area contributed by atoms with Gasteiger partial charge in [0, 0.05) is 30.8 Å². The summed E-state index contributed by atoms with van der Waals surface area (Å²) in [4.78, 5) is 2.11. The number of nitrogens with one attached hydrogen (secondary N) is 1. The Labute approximate surface area is 165 Å². The first-order valence-corrected chi connectivity index (χ1v) is 10.6. The lowest BCUT2D eigenvalue weighted by molar-refractivity contribution is 0.192. The molecule has 0 aromatic heterocycles. The van der Waals surface area contributed by atoms with Crippen LogP contribution in [-0.4, -0.2) is 46.7 Å². The number of ether oxygens (including phenoxy) is 2. The second-order valence-electron chi connectivity index (χ2n) is 6.80. The number of methoxy groups -OCH3 is 2. The van der Waals surface area contributed by atoms with E-state index in [1.54, 1.807) is 30.3 Å². The van der Waals surface area contributed by atoms with E-state index < -0.39 is 10.0 Å². The van der Waals surface area contributed by atoms with E-state index in [4.69, 9.17) is 9.47 Å². The smallest absolute Gasteiger partial charge is 0.244 e. The predicted octanol–water partition coefficient (Wildman–Crippen LogP) is 2.79. The van der Waals surface area contributed by atoms with Crippen molar-refractivity contribution in [2.45, 2.75) is 30.3 Å². The lowest BCUT2D eigenvalue weighted by atomic mass is 10.1. The van der Waals surface area contributed by atoms with Crippen molar-refractivity contribution in [3.8, 4) is 11.5 Å². The molecule has 1 N–H and O–H groups in total. The summed E-state index contributed by atoms with van der Waals surface area (Å²) in [7, 11) is -0.888. The monoisotopic (exact) mass is 408 g/mol. The maximum absolute atomic E-state index is 13.9. The van der Waals surface area contributed by atoms with Crippen LogP contribution in [-0.2, 0) is 16.6 Å². The molecule has 1 atom stereocenters. The lowest BCUT2D eigenvalue weighted by Gasteiger charge is -2.33. The van der Waals surface area contributed by atoms with Crippen LogP contribution in [0.3, 0.4) is 0 Å². The molecule has 1 aliphatic heterocycles. The zero-order valence-electron chi connectivity index (χ0n) is 16.0. The Kier molecular flexibility index (Phi) is 6.53. The van der Waals surface area contributed by atoms with E-state index in [2.05, 4.69) is 9.62 Å². The van der Waals surface area contributed by atoms with Gasteiger partial charge in [0.05, 0.1) is 14.2 Å². The number of hydrogen-bond acceptors (Lipinski definition) is 5. The van der Waals surface area contributed by atoms with Crippen LogP contribution in [0, 0.1) is 5.82 Å². The lowest BCUT2D eigenvalue weighted by Crippen LogP contribution is -2.47. The molecule has 0 amide bonds. The maximum Gasteiger partial charge on any atom is 0.244 e. The number of benzene rings is 2. The summed E-state index contributed by atoms with van der Waals surface area (Å²) in [6.45, 7) is 1.77. The predicted molar refractivity (Wildman–Crippen MR) is 105 cm³/mol. The Morgan fingerprint density at radius 2 is 1.96 bits per heavy atom. The zero-order chi connectivity index (χ0) is 20.1. The normalized spacial score (nSPS) is 18.0. The minimum absolute atomic E-state index is 0.0422. The van der Waals surface area contributed by atoms with Crippen molar-refractivity contribution in [1.82, 2.24) is 9.62 Å². The molecule has 1 saturated heterocycles. The van der Waals surface area contributed by atoms with Crippen LogP contribution in [0.15, 0.2) is 47.4 Å². The number of sulfonamides is 1. The molecule has 3 rings (SSSR count). The van der Waals surface area contributed by atoms with Crippen molar-refractivity contribution in [2.24, 2.45) is 0 Å². The third-order valence-corrected chi connectivity index (χ3v) is 6.38. The van der Waals surface area contributed by atoms with E-state index >= 15 is 0 Å². The first kappa shape index (κ1) is 20.6. The molecule has 0 bridgehead atoms. The highest BCUT2D eigenvalue weighted by Crippen LogP contribution is 2.28. The Morgan fingerprint density at radius 3 is 2.68 bits per heavy atom. The molecule has 28 heavy (non-hydrogen) atoms. The topological polar surface area (TPSA) is 67.9 Å². The van der Waals surface area contributed by atoms with Crippen LogP contribution in [0.2, 0.25) is 0 Å². The second kappa shape index (κ2) is 8.89. The third kappa shape index (κ3) is 4.81. The fourth-order valence-electron chi connectivity index (χ4n) is 3.44. The molecule has 1 aliphatic rings. The number of piperidine rings is 1. The van der Waals surface area contributed by atoms with Gasteiger partial charge in [0.2, 0.25) is 10.0 Å². The minimum atomic E-state index is -3.80. The summed E-state index contributed by atoms with van der Waals surface area (Å²) in [5, 5.41) is 0. The quantitative estimate of drug-likeness (QED) is 0.763. The number of nitrogens with zero attached hydrogens (tertiary/aromatic N) is 1. The van der Waals surface area contributed by atoms with Crippen LogP contribution in [0.4, 0.5) is 4.39 Å². The molecule has 0 radical (unpaired) electrons. The van der Waals surface area contributed by atoms with Crippen molar-refractivity contribution in [1.29, 1.82) is 0 Å². The average molecular weight is 408 g/mol. The molecular weight excluding hydrogens is 383 g/mol. The van der Waals surface area contributed by atoms with Gasteiger partial charge in [-0.2, -0.15) is 0 Å². The van der Waals surface area contributed by atoms with Crippen LogP contribution in [0.25, 0.3) is 0 Å². The molecule has 1 heterocycles. The molecule has 0 aliphatic carbocycles. The number of hydrogen-bond donors (Lipinski definition) is 1. The summed E-state index contributed by atoms with van der Waals surface area (Å²) < 4.78 is 52.9.